The van der Waals surface area contributed by atoms with E-state index < -0.39 is 69.8 Å². The van der Waals surface area contributed by atoms with Crippen LogP contribution < -0.4 is 20.8 Å². The van der Waals surface area contributed by atoms with Gasteiger partial charge in [-0.1, -0.05) is 42.5 Å². The third-order valence-corrected chi connectivity index (χ3v) is 9.02. The Morgan fingerprint density at radius 1 is 1.07 bits per heavy atom. The molecule has 0 bridgehead atoms. The van der Waals surface area contributed by atoms with Gasteiger partial charge in [-0.05, 0) is 56.2 Å². The topological polar surface area (TPSA) is 197 Å². The molecule has 1 fully saturated rings. The summed E-state index contributed by atoms with van der Waals surface area (Å²) in [6.45, 7) is 4.44. The molecule has 4 aromatic rings. The summed E-state index contributed by atoms with van der Waals surface area (Å²) in [6.07, 6.45) is -4.62. The second-order valence-electron chi connectivity index (χ2n) is 11.3. The van der Waals surface area contributed by atoms with Gasteiger partial charge in [0, 0.05) is 12.7 Å². The fourth-order valence-electron chi connectivity index (χ4n) is 5.42. The number of nitrogens with one attached hydrogen (secondary N) is 1. The van der Waals surface area contributed by atoms with E-state index in [0.717, 1.165) is 5.56 Å². The number of aliphatic hydroxyl groups is 1. The predicted molar refractivity (Wildman–Crippen MR) is 167 cm³/mol. The van der Waals surface area contributed by atoms with E-state index in [1.807, 2.05) is 30.3 Å². The summed E-state index contributed by atoms with van der Waals surface area (Å²) in [5.74, 6) is -1.28. The van der Waals surface area contributed by atoms with Crippen LogP contribution in [-0.4, -0.2) is 68.5 Å². The summed E-state index contributed by atoms with van der Waals surface area (Å²) in [4.78, 5) is 24.3. The Kier molecular flexibility index (Phi) is 9.11. The number of rotatable bonds is 10. The summed E-state index contributed by atoms with van der Waals surface area (Å²) in [7, 11) is -2.92. The molecule has 3 aromatic carbocycles. The predicted octanol–water partition coefficient (Wildman–Crippen LogP) is 3.03. The van der Waals surface area contributed by atoms with Crippen molar-refractivity contribution in [3.05, 3.63) is 82.7 Å². The largest absolute Gasteiger partial charge is 0.505 e. The van der Waals surface area contributed by atoms with Crippen LogP contribution >= 0.6 is 0 Å². The number of aromatic hydroxyl groups is 1. The van der Waals surface area contributed by atoms with Crippen LogP contribution in [0, 0.1) is 6.92 Å². The monoisotopic (exact) mass is 654 g/mol. The molecule has 244 valence electrons. The number of fused-ring (bicyclic) bond motifs is 1. The van der Waals surface area contributed by atoms with Crippen LogP contribution in [0.25, 0.3) is 22.1 Å². The van der Waals surface area contributed by atoms with Gasteiger partial charge >= 0.3 is 5.63 Å². The van der Waals surface area contributed by atoms with E-state index in [1.54, 1.807) is 32.9 Å². The van der Waals surface area contributed by atoms with Crippen molar-refractivity contribution in [2.24, 2.45) is 5.73 Å². The van der Waals surface area contributed by atoms with Crippen molar-refractivity contribution in [3.63, 3.8) is 0 Å². The number of methoxy groups -OCH3 is 1. The molecule has 1 aromatic heterocycles. The highest BCUT2D eigenvalue weighted by molar-refractivity contribution is 7.92. The summed E-state index contributed by atoms with van der Waals surface area (Å²) >= 11 is 0. The van der Waals surface area contributed by atoms with Gasteiger partial charge in [0.05, 0.1) is 15.9 Å². The number of aryl methyl sites for hydroxylation is 1. The Morgan fingerprint density at radius 2 is 1.76 bits per heavy atom. The van der Waals surface area contributed by atoms with Crippen molar-refractivity contribution < 1.29 is 46.8 Å². The van der Waals surface area contributed by atoms with E-state index in [-0.39, 0.29) is 27.2 Å². The van der Waals surface area contributed by atoms with Crippen molar-refractivity contribution in [1.29, 1.82) is 0 Å². The van der Waals surface area contributed by atoms with Crippen molar-refractivity contribution in [2.75, 3.05) is 18.4 Å². The SMILES string of the molecule is COC1C(OCC(N)=O)C(O)[C@H](Oc2ccc3c(O)c(NS(=O)(=O)c4cccc(-c5ccccc5)c4)c(=O)oc3c2C)OC1(C)C. The third kappa shape index (κ3) is 6.43. The molecular weight excluding hydrogens is 620 g/mol. The van der Waals surface area contributed by atoms with Crippen LogP contribution in [0.5, 0.6) is 11.5 Å². The molecule has 46 heavy (non-hydrogen) atoms. The molecule has 0 saturated carbocycles. The van der Waals surface area contributed by atoms with Gasteiger partial charge in [0.25, 0.3) is 10.0 Å². The van der Waals surface area contributed by atoms with E-state index in [9.17, 15) is 28.2 Å². The van der Waals surface area contributed by atoms with E-state index in [1.165, 1.54) is 31.4 Å². The molecule has 1 aliphatic rings. The lowest BCUT2D eigenvalue weighted by atomic mass is 9.89. The second-order valence-corrected chi connectivity index (χ2v) is 13.0. The first kappa shape index (κ1) is 32.9. The molecule has 1 saturated heterocycles. The average Bonchev–Trinajstić information content (AvgIpc) is 3.02. The highest BCUT2D eigenvalue weighted by atomic mass is 32.2. The van der Waals surface area contributed by atoms with Crippen LogP contribution in [0.1, 0.15) is 19.4 Å². The van der Waals surface area contributed by atoms with Crippen molar-refractivity contribution in [2.45, 2.75) is 55.9 Å². The quantitative estimate of drug-likeness (QED) is 0.183. The van der Waals surface area contributed by atoms with Crippen LogP contribution in [0.15, 0.2) is 80.8 Å². The minimum absolute atomic E-state index is 0.0211. The maximum atomic E-state index is 13.3. The standard InChI is InChI=1S/C32H34N2O11S/c1-17-22(43-31-26(37)28(42-16-23(33)35)29(41-4)32(2,3)45-31)14-13-21-25(36)24(30(38)44-27(17)21)34-46(39,40)20-12-8-11-19(15-20)18-9-6-5-7-10-18/h5-15,26,28-29,31,34,36-37H,16H2,1-4H3,(H2,33,35)/t26?,28?,29?,31-/m1/s1. The molecule has 1 amide bonds. The van der Waals surface area contributed by atoms with Crippen LogP contribution in [-0.2, 0) is 29.0 Å². The van der Waals surface area contributed by atoms with Crippen molar-refractivity contribution >= 4 is 32.6 Å². The number of hydrogen-bond donors (Lipinski definition) is 4. The second kappa shape index (κ2) is 12.7. The molecule has 4 atom stereocenters. The van der Waals surface area contributed by atoms with Gasteiger partial charge in [-0.25, -0.2) is 13.2 Å². The summed E-state index contributed by atoms with van der Waals surface area (Å²) in [5, 5.41) is 22.1. The fraction of sp³-hybridized carbons (Fsp3) is 0.312. The minimum Gasteiger partial charge on any atom is -0.505 e. The molecule has 3 unspecified atom stereocenters. The third-order valence-electron chi connectivity index (χ3n) is 7.67. The number of aliphatic hydroxyl groups excluding tert-OH is 1. The molecule has 1 aliphatic heterocycles. The minimum atomic E-state index is -4.32. The molecular formula is C32H34N2O11S. The highest BCUT2D eigenvalue weighted by Gasteiger charge is 2.52. The van der Waals surface area contributed by atoms with Gasteiger partial charge in [-0.2, -0.15) is 0 Å². The first-order valence-corrected chi connectivity index (χ1v) is 15.6. The summed E-state index contributed by atoms with van der Waals surface area (Å²) in [5.41, 5.74) is 3.94. The Bertz CT molecular complexity index is 1930. The number of anilines is 1. The lowest BCUT2D eigenvalue weighted by Crippen LogP contribution is -2.65. The average molecular weight is 655 g/mol. The van der Waals surface area contributed by atoms with E-state index >= 15 is 0 Å². The summed E-state index contributed by atoms with van der Waals surface area (Å²) in [6, 6.07) is 18.1. The molecule has 13 nitrogen and oxygen atoms in total. The smallest absolute Gasteiger partial charge is 0.364 e. The van der Waals surface area contributed by atoms with Gasteiger partial charge in [0.1, 0.15) is 36.3 Å². The van der Waals surface area contributed by atoms with Crippen LogP contribution in [0.4, 0.5) is 5.69 Å². The number of benzene rings is 3. The molecule has 0 spiro atoms. The zero-order valence-corrected chi connectivity index (χ0v) is 26.2. The zero-order valence-electron chi connectivity index (χ0n) is 25.4. The molecule has 2 heterocycles. The normalized spacial score (nSPS) is 21.2. The molecule has 0 radical (unpaired) electrons. The van der Waals surface area contributed by atoms with Gasteiger partial charge < -0.3 is 39.3 Å². The Hall–Kier alpha value is -4.47. The molecule has 5 rings (SSSR count). The number of ether oxygens (including phenoxy) is 4. The molecule has 0 aliphatic carbocycles. The highest BCUT2D eigenvalue weighted by Crippen LogP contribution is 2.39. The van der Waals surface area contributed by atoms with Gasteiger partial charge in [0.15, 0.2) is 11.4 Å². The first-order valence-electron chi connectivity index (χ1n) is 14.2. The van der Waals surface area contributed by atoms with Gasteiger partial charge in [0.2, 0.25) is 12.2 Å². The number of primary amides is 1. The van der Waals surface area contributed by atoms with Gasteiger partial charge in [-0.15, -0.1) is 0 Å². The fourth-order valence-corrected chi connectivity index (χ4v) is 6.52. The number of carbonyl (C=O) groups is 1. The number of sulfonamides is 1. The maximum absolute atomic E-state index is 13.3. The molecule has 14 heteroatoms. The van der Waals surface area contributed by atoms with E-state index in [2.05, 4.69) is 4.72 Å². The number of carbonyl (C=O) groups excluding carboxylic acids is 1. The van der Waals surface area contributed by atoms with E-state index in [4.69, 9.17) is 29.1 Å². The Balaban J connectivity index is 1.44. The lowest BCUT2D eigenvalue weighted by Gasteiger charge is -2.47. The summed E-state index contributed by atoms with van der Waals surface area (Å²) < 4.78 is 57.3. The molecule has 5 N–H and O–H groups in total. The Labute approximate surface area is 264 Å². The zero-order chi connectivity index (χ0) is 33.4. The number of amides is 1. The van der Waals surface area contributed by atoms with Crippen molar-refractivity contribution in [1.82, 2.24) is 0 Å². The van der Waals surface area contributed by atoms with Crippen LogP contribution in [0.3, 0.4) is 0 Å². The van der Waals surface area contributed by atoms with Crippen LogP contribution in [0.2, 0.25) is 0 Å². The van der Waals surface area contributed by atoms with Gasteiger partial charge in [-0.3, -0.25) is 9.52 Å². The maximum Gasteiger partial charge on any atom is 0.364 e. The number of nitrogens with two attached hydrogens (primary N) is 1. The Morgan fingerprint density at radius 3 is 2.43 bits per heavy atom. The van der Waals surface area contributed by atoms with E-state index in [0.29, 0.717) is 5.56 Å². The number of hydrogen-bond acceptors (Lipinski definition) is 11. The lowest BCUT2D eigenvalue weighted by molar-refractivity contribution is -0.312. The first-order chi connectivity index (χ1) is 21.7. The van der Waals surface area contributed by atoms with Crippen molar-refractivity contribution in [3.8, 4) is 22.6 Å².